The Balaban J connectivity index is 1.69. The Morgan fingerprint density at radius 2 is 1.85 bits per heavy atom. The van der Waals surface area contributed by atoms with E-state index in [1.54, 1.807) is 12.1 Å². The van der Waals surface area contributed by atoms with E-state index in [9.17, 15) is 9.18 Å². The summed E-state index contributed by atoms with van der Waals surface area (Å²) in [5, 5.41) is 0. The Kier molecular flexibility index (Phi) is 6.43. The molecule has 0 aromatic heterocycles. The fourth-order valence-electron chi connectivity index (χ4n) is 3.99. The van der Waals surface area contributed by atoms with E-state index in [0.717, 1.165) is 24.3 Å². The molecule has 138 valence electrons. The van der Waals surface area contributed by atoms with E-state index in [4.69, 9.17) is 4.74 Å². The Morgan fingerprint density at radius 1 is 1.08 bits per heavy atom. The largest absolute Gasteiger partial charge is 0.423 e. The first kappa shape index (κ1) is 18.6. The molecule has 1 saturated carbocycles. The summed E-state index contributed by atoms with van der Waals surface area (Å²) in [6.45, 7) is 2.24. The van der Waals surface area contributed by atoms with Gasteiger partial charge >= 0.3 is 5.97 Å². The normalized spacial score (nSPS) is 19.9. The highest BCUT2D eigenvalue weighted by molar-refractivity contribution is 5.92. The average molecular weight is 354 g/mol. The van der Waals surface area contributed by atoms with Gasteiger partial charge in [0.05, 0.1) is 5.56 Å². The van der Waals surface area contributed by atoms with Gasteiger partial charge in [-0.3, -0.25) is 0 Å². The topological polar surface area (TPSA) is 26.3 Å². The molecule has 0 N–H and O–H groups in total. The van der Waals surface area contributed by atoms with Gasteiger partial charge in [-0.2, -0.15) is 0 Å². The lowest BCUT2D eigenvalue weighted by Gasteiger charge is -2.29. The van der Waals surface area contributed by atoms with Gasteiger partial charge in [-0.25, -0.2) is 9.18 Å². The lowest BCUT2D eigenvalue weighted by molar-refractivity contribution is 0.0732. The maximum absolute atomic E-state index is 13.3. The van der Waals surface area contributed by atoms with Gasteiger partial charge in [0.25, 0.3) is 0 Å². The van der Waals surface area contributed by atoms with E-state index in [-0.39, 0.29) is 5.75 Å². The summed E-state index contributed by atoms with van der Waals surface area (Å²) in [5.41, 5.74) is 1.68. The molecule has 2 nitrogen and oxygen atoms in total. The minimum atomic E-state index is -0.408. The first-order valence-corrected chi connectivity index (χ1v) is 9.74. The molecule has 1 aliphatic carbocycles. The molecule has 0 bridgehead atoms. The predicted octanol–water partition coefficient (Wildman–Crippen LogP) is 6.51. The third-order valence-corrected chi connectivity index (χ3v) is 5.44. The van der Waals surface area contributed by atoms with Gasteiger partial charge in [0.1, 0.15) is 11.6 Å². The Hall–Kier alpha value is -2.16. The van der Waals surface area contributed by atoms with Gasteiger partial charge in [0, 0.05) is 6.07 Å². The lowest BCUT2D eigenvalue weighted by Crippen LogP contribution is -2.18. The summed E-state index contributed by atoms with van der Waals surface area (Å²) < 4.78 is 18.7. The van der Waals surface area contributed by atoms with E-state index in [1.165, 1.54) is 44.2 Å². The number of carbonyl (C=O) groups is 1. The SMILES string of the molecule is CCCCC1CCC(c2ccccc2C(=O)Oc2cccc(F)c2)CC1. The van der Waals surface area contributed by atoms with Crippen LogP contribution in [-0.4, -0.2) is 5.97 Å². The van der Waals surface area contributed by atoms with Gasteiger partial charge in [0.2, 0.25) is 0 Å². The van der Waals surface area contributed by atoms with E-state index in [0.29, 0.717) is 11.5 Å². The number of benzene rings is 2. The smallest absolute Gasteiger partial charge is 0.343 e. The lowest BCUT2D eigenvalue weighted by atomic mass is 9.76. The fraction of sp³-hybridized carbons (Fsp3) is 0.435. The van der Waals surface area contributed by atoms with Crippen LogP contribution in [0.5, 0.6) is 5.75 Å². The van der Waals surface area contributed by atoms with Gasteiger partial charge in [-0.05, 0) is 61.3 Å². The molecule has 1 fully saturated rings. The number of unbranched alkanes of at least 4 members (excludes halogenated alkanes) is 1. The van der Waals surface area contributed by atoms with Crippen LogP contribution in [0.1, 0.15) is 73.7 Å². The first-order chi connectivity index (χ1) is 12.7. The van der Waals surface area contributed by atoms with Crippen molar-refractivity contribution < 1.29 is 13.9 Å². The minimum absolute atomic E-state index is 0.244. The van der Waals surface area contributed by atoms with Crippen molar-refractivity contribution in [3.8, 4) is 5.75 Å². The van der Waals surface area contributed by atoms with Crippen molar-refractivity contribution in [3.63, 3.8) is 0 Å². The maximum atomic E-state index is 13.3. The van der Waals surface area contributed by atoms with E-state index >= 15 is 0 Å². The van der Waals surface area contributed by atoms with Crippen molar-refractivity contribution in [2.24, 2.45) is 5.92 Å². The summed E-state index contributed by atoms with van der Waals surface area (Å²) in [7, 11) is 0. The number of hydrogen-bond acceptors (Lipinski definition) is 2. The van der Waals surface area contributed by atoms with Gasteiger partial charge in [0.15, 0.2) is 0 Å². The molecule has 0 heterocycles. The van der Waals surface area contributed by atoms with Crippen LogP contribution in [0.2, 0.25) is 0 Å². The van der Waals surface area contributed by atoms with Crippen LogP contribution in [0.15, 0.2) is 48.5 Å². The summed E-state index contributed by atoms with van der Waals surface area (Å²) in [6, 6.07) is 13.4. The highest BCUT2D eigenvalue weighted by Gasteiger charge is 2.25. The zero-order valence-corrected chi connectivity index (χ0v) is 15.4. The number of ether oxygens (including phenoxy) is 1. The quantitative estimate of drug-likeness (QED) is 0.437. The molecule has 0 amide bonds. The van der Waals surface area contributed by atoms with Crippen molar-refractivity contribution in [3.05, 3.63) is 65.5 Å². The molecule has 0 spiro atoms. The molecule has 3 rings (SSSR count). The Labute approximate surface area is 155 Å². The monoisotopic (exact) mass is 354 g/mol. The molecule has 3 heteroatoms. The second kappa shape index (κ2) is 8.98. The number of rotatable bonds is 6. The predicted molar refractivity (Wildman–Crippen MR) is 102 cm³/mol. The second-order valence-corrected chi connectivity index (χ2v) is 7.29. The van der Waals surface area contributed by atoms with Crippen LogP contribution in [0.25, 0.3) is 0 Å². The zero-order chi connectivity index (χ0) is 18.4. The molecule has 0 radical (unpaired) electrons. The van der Waals surface area contributed by atoms with Gasteiger partial charge in [-0.15, -0.1) is 0 Å². The van der Waals surface area contributed by atoms with Crippen molar-refractivity contribution in [2.45, 2.75) is 57.8 Å². The second-order valence-electron chi connectivity index (χ2n) is 7.29. The standard InChI is InChI=1S/C23H27FO2/c1-2-3-7-17-12-14-18(15-13-17)21-10-4-5-11-22(21)23(25)26-20-9-6-8-19(24)16-20/h4-6,8-11,16-18H,2-3,7,12-15H2,1H3. The number of esters is 1. The molecule has 0 unspecified atom stereocenters. The average Bonchev–Trinajstić information content (AvgIpc) is 2.67. The number of hydrogen-bond donors (Lipinski definition) is 0. The van der Waals surface area contributed by atoms with Crippen molar-refractivity contribution >= 4 is 5.97 Å². The van der Waals surface area contributed by atoms with Gasteiger partial charge in [-0.1, -0.05) is 50.5 Å². The first-order valence-electron chi connectivity index (χ1n) is 9.74. The van der Waals surface area contributed by atoms with Crippen LogP contribution in [0, 0.1) is 11.7 Å². The van der Waals surface area contributed by atoms with Crippen LogP contribution >= 0.6 is 0 Å². The number of halogens is 1. The van der Waals surface area contributed by atoms with E-state index < -0.39 is 11.8 Å². The van der Waals surface area contributed by atoms with Gasteiger partial charge < -0.3 is 4.74 Å². The van der Waals surface area contributed by atoms with Crippen LogP contribution in [0.3, 0.4) is 0 Å². The van der Waals surface area contributed by atoms with Crippen molar-refractivity contribution in [1.29, 1.82) is 0 Å². The van der Waals surface area contributed by atoms with Crippen molar-refractivity contribution in [1.82, 2.24) is 0 Å². The summed E-state index contributed by atoms with van der Waals surface area (Å²) in [5.74, 6) is 0.670. The fourth-order valence-corrected chi connectivity index (χ4v) is 3.99. The molecule has 0 aliphatic heterocycles. The highest BCUT2D eigenvalue weighted by Crippen LogP contribution is 2.39. The summed E-state index contributed by atoms with van der Waals surface area (Å²) in [4.78, 5) is 12.6. The van der Waals surface area contributed by atoms with Crippen LogP contribution in [0.4, 0.5) is 4.39 Å². The van der Waals surface area contributed by atoms with E-state index in [1.807, 2.05) is 24.3 Å². The molecule has 26 heavy (non-hydrogen) atoms. The Bertz CT molecular complexity index is 732. The van der Waals surface area contributed by atoms with Crippen LogP contribution < -0.4 is 4.74 Å². The maximum Gasteiger partial charge on any atom is 0.343 e. The van der Waals surface area contributed by atoms with Crippen LogP contribution in [-0.2, 0) is 0 Å². The number of carbonyl (C=O) groups excluding carboxylic acids is 1. The molecule has 1 aliphatic rings. The molecule has 2 aromatic rings. The zero-order valence-electron chi connectivity index (χ0n) is 15.4. The molecular formula is C23H27FO2. The summed E-state index contributed by atoms with van der Waals surface area (Å²) in [6.07, 6.45) is 8.61. The molecule has 0 saturated heterocycles. The molecular weight excluding hydrogens is 327 g/mol. The molecule has 2 aromatic carbocycles. The van der Waals surface area contributed by atoms with E-state index in [2.05, 4.69) is 6.92 Å². The Morgan fingerprint density at radius 3 is 2.58 bits per heavy atom. The molecule has 0 atom stereocenters. The summed E-state index contributed by atoms with van der Waals surface area (Å²) >= 11 is 0. The van der Waals surface area contributed by atoms with Crippen molar-refractivity contribution in [2.75, 3.05) is 0 Å². The third kappa shape index (κ3) is 4.72. The third-order valence-electron chi connectivity index (χ3n) is 5.44. The highest BCUT2D eigenvalue weighted by atomic mass is 19.1. The minimum Gasteiger partial charge on any atom is -0.423 e.